The zero-order chi connectivity index (χ0) is 40.4. The minimum absolute atomic E-state index is 0.0815. The second kappa shape index (κ2) is 16.0. The van der Waals surface area contributed by atoms with E-state index in [-0.39, 0.29) is 32.0 Å². The van der Waals surface area contributed by atoms with Crippen LogP contribution in [-0.4, -0.2) is 76.5 Å². The number of benzene rings is 3. The standard InChI is InChI=1S/C45H43N3O10/c1-28(49)54-27-39-40(56-29(2)50)36-24-45(36,58-30(3)51)43(57-39)55-26-33-18-16-32(17-19-33)22-44(23-35-15-10-20-53-35)42(52)48-25-38(34-13-8-5-9-14-34)46-37(41(48)47-44)21-31-11-6-4-7-12-31/h4-20,25,36,39-40,43H,21-24,26-27H2,1-3H3. The van der Waals surface area contributed by atoms with Gasteiger partial charge in [0.15, 0.2) is 23.3 Å². The Morgan fingerprint density at radius 1 is 0.828 bits per heavy atom. The van der Waals surface area contributed by atoms with Crippen LogP contribution in [0.15, 0.2) is 124 Å². The third-order valence-corrected chi connectivity index (χ3v) is 10.7. The molecule has 0 N–H and O–H groups in total. The van der Waals surface area contributed by atoms with Crippen LogP contribution in [0.2, 0.25) is 0 Å². The number of hydrogen-bond donors (Lipinski definition) is 0. The van der Waals surface area contributed by atoms with Gasteiger partial charge in [-0.1, -0.05) is 84.9 Å². The second-order valence-electron chi connectivity index (χ2n) is 15.0. The fourth-order valence-electron chi connectivity index (χ4n) is 8.06. The van der Waals surface area contributed by atoms with Gasteiger partial charge in [-0.2, -0.15) is 0 Å². The molecular formula is C45H43N3O10. The second-order valence-corrected chi connectivity index (χ2v) is 15.0. The number of esters is 3. The molecule has 1 amide bonds. The average Bonchev–Trinajstić information content (AvgIpc) is 3.57. The molecule has 1 aromatic heterocycles. The van der Waals surface area contributed by atoms with Crippen LogP contribution in [0.1, 0.15) is 55.2 Å². The summed E-state index contributed by atoms with van der Waals surface area (Å²) in [6.07, 6.45) is 2.06. The Morgan fingerprint density at radius 3 is 2.22 bits per heavy atom. The maximum atomic E-state index is 14.8. The zero-order valence-corrected chi connectivity index (χ0v) is 32.4. The Hall–Kier alpha value is -6.18. The van der Waals surface area contributed by atoms with Crippen molar-refractivity contribution in [2.45, 2.75) is 82.7 Å². The third-order valence-electron chi connectivity index (χ3n) is 10.7. The average molecular weight is 786 g/mol. The molecule has 3 aromatic carbocycles. The third kappa shape index (κ3) is 8.00. The Bertz CT molecular complexity index is 2270. The van der Waals surface area contributed by atoms with Gasteiger partial charge in [0.25, 0.3) is 5.91 Å². The summed E-state index contributed by atoms with van der Waals surface area (Å²) in [6.45, 7) is 3.76. The van der Waals surface area contributed by atoms with Crippen molar-refractivity contribution in [3.8, 4) is 0 Å². The van der Waals surface area contributed by atoms with E-state index in [0.717, 1.165) is 22.3 Å². The highest BCUT2D eigenvalue weighted by atomic mass is 16.7. The lowest BCUT2D eigenvalue weighted by Gasteiger charge is -2.39. The van der Waals surface area contributed by atoms with Crippen molar-refractivity contribution in [3.63, 3.8) is 0 Å². The van der Waals surface area contributed by atoms with Gasteiger partial charge in [-0.05, 0) is 28.8 Å². The van der Waals surface area contributed by atoms with E-state index in [4.69, 9.17) is 38.1 Å². The summed E-state index contributed by atoms with van der Waals surface area (Å²) in [6, 6.07) is 31.1. The first-order valence-corrected chi connectivity index (χ1v) is 19.2. The molecule has 13 nitrogen and oxygen atoms in total. The largest absolute Gasteiger partial charge is 0.469 e. The molecule has 0 bridgehead atoms. The molecule has 6 atom stereocenters. The Kier molecular flexibility index (Phi) is 10.7. The van der Waals surface area contributed by atoms with Crippen LogP contribution in [0.4, 0.5) is 0 Å². The van der Waals surface area contributed by atoms with E-state index in [2.05, 4.69) is 0 Å². The topological polar surface area (TPSA) is 156 Å². The van der Waals surface area contributed by atoms with Crippen molar-refractivity contribution in [1.29, 1.82) is 0 Å². The number of furan rings is 1. The van der Waals surface area contributed by atoms with Gasteiger partial charge in [-0.15, -0.1) is 0 Å². The smallest absolute Gasteiger partial charge is 0.303 e. The number of nitrogens with zero attached hydrogens (tertiary/aromatic N) is 3. The highest BCUT2D eigenvalue weighted by Gasteiger charge is 2.72. The van der Waals surface area contributed by atoms with Crippen molar-refractivity contribution in [2.24, 2.45) is 15.9 Å². The van der Waals surface area contributed by atoms with Crippen LogP contribution in [0.3, 0.4) is 0 Å². The fraction of sp³-hybridized carbons (Fsp3) is 0.333. The molecule has 58 heavy (non-hydrogen) atoms. The van der Waals surface area contributed by atoms with Crippen molar-refractivity contribution >= 4 is 41.1 Å². The normalized spacial score (nSPS) is 25.7. The van der Waals surface area contributed by atoms with Crippen LogP contribution in [0.5, 0.6) is 0 Å². The number of amides is 1. The molecule has 4 heterocycles. The van der Waals surface area contributed by atoms with Gasteiger partial charge in [0.2, 0.25) is 0 Å². The van der Waals surface area contributed by atoms with Crippen LogP contribution in [0.25, 0.3) is 5.70 Å². The lowest BCUT2D eigenvalue weighted by atomic mass is 9.86. The molecule has 298 valence electrons. The van der Waals surface area contributed by atoms with E-state index < -0.39 is 53.5 Å². The van der Waals surface area contributed by atoms with E-state index in [9.17, 15) is 19.2 Å². The Morgan fingerprint density at radius 2 is 1.55 bits per heavy atom. The van der Waals surface area contributed by atoms with E-state index in [1.54, 1.807) is 23.4 Å². The summed E-state index contributed by atoms with van der Waals surface area (Å²) < 4.78 is 34.8. The number of carbonyl (C=O) groups excluding carboxylic acids is 4. The highest BCUT2D eigenvalue weighted by Crippen LogP contribution is 2.58. The van der Waals surface area contributed by atoms with Crippen molar-refractivity contribution in [3.05, 3.63) is 138 Å². The first-order valence-electron chi connectivity index (χ1n) is 19.2. The number of amidine groups is 1. The predicted octanol–water partition coefficient (Wildman–Crippen LogP) is 5.80. The van der Waals surface area contributed by atoms with Crippen LogP contribution in [0, 0.1) is 5.92 Å². The molecule has 13 heteroatoms. The number of ether oxygens (including phenoxy) is 5. The molecule has 2 fully saturated rings. The number of fused-ring (bicyclic) bond motifs is 2. The van der Waals surface area contributed by atoms with Gasteiger partial charge in [-0.3, -0.25) is 24.1 Å². The van der Waals surface area contributed by atoms with E-state index in [1.165, 1.54) is 20.8 Å². The summed E-state index contributed by atoms with van der Waals surface area (Å²) in [5.41, 5.74) is 2.56. The fourth-order valence-corrected chi connectivity index (χ4v) is 8.06. The number of hydrogen-bond acceptors (Lipinski definition) is 12. The molecule has 3 aliphatic heterocycles. The van der Waals surface area contributed by atoms with E-state index in [1.807, 2.05) is 91.0 Å². The van der Waals surface area contributed by atoms with E-state index >= 15 is 0 Å². The van der Waals surface area contributed by atoms with Crippen molar-refractivity contribution in [2.75, 3.05) is 6.61 Å². The molecule has 0 spiro atoms. The van der Waals surface area contributed by atoms with Gasteiger partial charge >= 0.3 is 17.9 Å². The molecule has 1 aliphatic carbocycles. The van der Waals surface area contributed by atoms with E-state index in [0.29, 0.717) is 35.8 Å². The van der Waals surface area contributed by atoms with Gasteiger partial charge < -0.3 is 28.1 Å². The molecule has 1 saturated carbocycles. The lowest BCUT2D eigenvalue weighted by Crippen LogP contribution is -2.54. The van der Waals surface area contributed by atoms with Crippen molar-refractivity contribution < 1.29 is 47.3 Å². The van der Waals surface area contributed by atoms with Gasteiger partial charge in [0, 0.05) is 64.1 Å². The molecule has 6 unspecified atom stereocenters. The van der Waals surface area contributed by atoms with Crippen LogP contribution < -0.4 is 0 Å². The monoisotopic (exact) mass is 785 g/mol. The molecule has 4 aliphatic rings. The molecule has 4 aromatic rings. The quantitative estimate of drug-likeness (QED) is 0.113. The lowest BCUT2D eigenvalue weighted by molar-refractivity contribution is -0.286. The minimum atomic E-state index is -1.23. The SMILES string of the molecule is CC(=O)OCC1OC(OCc2ccc(CC3(Cc4ccco4)N=C4C(Cc5ccccc5)=NC(c5ccccc5)=CN4C3=O)cc2)C2(OC(C)=O)CC2C1OC(C)=O. The molecule has 8 rings (SSSR count). The first-order chi connectivity index (χ1) is 28.0. The Labute approximate surface area is 335 Å². The van der Waals surface area contributed by atoms with Crippen LogP contribution in [-0.2, 0) is 68.7 Å². The van der Waals surface area contributed by atoms with Crippen molar-refractivity contribution in [1.82, 2.24) is 4.90 Å². The maximum Gasteiger partial charge on any atom is 0.303 e. The molecule has 0 radical (unpaired) electrons. The first kappa shape index (κ1) is 38.7. The predicted molar refractivity (Wildman–Crippen MR) is 210 cm³/mol. The van der Waals surface area contributed by atoms with Crippen LogP contribution >= 0.6 is 0 Å². The summed E-state index contributed by atoms with van der Waals surface area (Å²) >= 11 is 0. The summed E-state index contributed by atoms with van der Waals surface area (Å²) in [4.78, 5) is 62.6. The van der Waals surface area contributed by atoms with Gasteiger partial charge in [0.1, 0.15) is 24.6 Å². The number of aliphatic imine (C=N–C) groups is 2. The number of rotatable bonds is 14. The maximum absolute atomic E-state index is 14.8. The number of carbonyl (C=O) groups is 4. The van der Waals surface area contributed by atoms with Gasteiger partial charge in [0.05, 0.1) is 24.3 Å². The molecule has 1 saturated heterocycles. The summed E-state index contributed by atoms with van der Waals surface area (Å²) in [7, 11) is 0. The summed E-state index contributed by atoms with van der Waals surface area (Å²) in [5.74, 6) is -1.02. The zero-order valence-electron chi connectivity index (χ0n) is 32.4. The minimum Gasteiger partial charge on any atom is -0.469 e. The summed E-state index contributed by atoms with van der Waals surface area (Å²) in [5, 5.41) is 0. The Balaban J connectivity index is 1.04. The highest BCUT2D eigenvalue weighted by molar-refractivity contribution is 6.47. The van der Waals surface area contributed by atoms with Gasteiger partial charge in [-0.25, -0.2) is 9.98 Å². The molecular weight excluding hydrogens is 743 g/mol.